The largest absolute Gasteiger partial charge is 0.344 e. The van der Waals surface area contributed by atoms with Crippen LogP contribution in [0, 0.1) is 0 Å². The van der Waals surface area contributed by atoms with Crippen LogP contribution in [0.25, 0.3) is 11.0 Å². The monoisotopic (exact) mass is 421 g/mol. The van der Waals surface area contributed by atoms with Gasteiger partial charge in [-0.3, -0.25) is 4.79 Å². The smallest absolute Gasteiger partial charge is 0.231 e. The minimum Gasteiger partial charge on any atom is -0.344 e. The number of carbonyl (C=O) groups excluding carboxylic acids is 1. The van der Waals surface area contributed by atoms with Crippen LogP contribution in [-0.2, 0) is 4.79 Å². The summed E-state index contributed by atoms with van der Waals surface area (Å²) in [5.41, 5.74) is 3.15. The fraction of sp³-hybridized carbons (Fsp3) is 0.217. The van der Waals surface area contributed by atoms with Gasteiger partial charge in [0.25, 0.3) is 0 Å². The van der Waals surface area contributed by atoms with Crippen LogP contribution in [-0.4, -0.2) is 21.2 Å². The number of aromatic nitrogens is 2. The number of thiophene rings is 1. The molecular formula is C23H23N3OS2. The van der Waals surface area contributed by atoms with Crippen LogP contribution in [0.15, 0.2) is 77.3 Å². The van der Waals surface area contributed by atoms with Crippen molar-refractivity contribution in [3.63, 3.8) is 0 Å². The highest BCUT2D eigenvalue weighted by Gasteiger charge is 2.19. The molecule has 0 fully saturated rings. The zero-order valence-electron chi connectivity index (χ0n) is 16.4. The first kappa shape index (κ1) is 19.7. The summed E-state index contributed by atoms with van der Waals surface area (Å²) in [7, 11) is 0. The molecule has 6 heteroatoms. The lowest BCUT2D eigenvalue weighted by molar-refractivity contribution is -0.119. The Balaban J connectivity index is 1.51. The van der Waals surface area contributed by atoms with Gasteiger partial charge < -0.3 is 9.88 Å². The summed E-state index contributed by atoms with van der Waals surface area (Å²) in [5, 5.41) is 6.12. The van der Waals surface area contributed by atoms with Crippen molar-refractivity contribution in [1.82, 2.24) is 14.9 Å². The summed E-state index contributed by atoms with van der Waals surface area (Å²) in [6.45, 7) is 4.28. The molecule has 0 aliphatic rings. The predicted octanol–water partition coefficient (Wildman–Crippen LogP) is 5.68. The van der Waals surface area contributed by atoms with Gasteiger partial charge in [0.2, 0.25) is 5.91 Å². The van der Waals surface area contributed by atoms with Crippen LogP contribution in [0.5, 0.6) is 0 Å². The third kappa shape index (κ3) is 4.38. The highest BCUT2D eigenvalue weighted by atomic mass is 32.2. The maximum atomic E-state index is 12.8. The average Bonchev–Trinajstić information content (AvgIpc) is 3.38. The number of amides is 1. The van der Waals surface area contributed by atoms with Crippen molar-refractivity contribution >= 4 is 40.0 Å². The third-order valence-corrected chi connectivity index (χ3v) is 6.57. The molecule has 0 saturated carbocycles. The molecule has 148 valence electrons. The molecule has 0 radical (unpaired) electrons. The molecular weight excluding hydrogens is 398 g/mol. The standard InChI is InChI=1S/C23H23N3OS2/c1-16(2)26-19-12-7-6-11-18(19)24-23(26)29-15-21(27)25-22(20-13-8-14-28-20)17-9-4-3-5-10-17/h3-14,16,22H,15H2,1-2H3,(H,25,27)/t22-/m1/s1. The lowest BCUT2D eigenvalue weighted by atomic mass is 10.1. The molecule has 4 aromatic rings. The number of rotatable bonds is 7. The Hall–Kier alpha value is -2.57. The molecule has 0 aliphatic carbocycles. The Labute approximate surface area is 179 Å². The third-order valence-electron chi connectivity index (χ3n) is 4.68. The molecule has 2 heterocycles. The molecule has 0 unspecified atom stereocenters. The Kier molecular flexibility index (Phi) is 6.02. The number of nitrogens with zero attached hydrogens (tertiary/aromatic N) is 2. The van der Waals surface area contributed by atoms with E-state index >= 15 is 0 Å². The van der Waals surface area contributed by atoms with Crippen molar-refractivity contribution in [3.8, 4) is 0 Å². The Bertz CT molecular complexity index is 1090. The van der Waals surface area contributed by atoms with E-state index in [1.807, 2.05) is 47.8 Å². The van der Waals surface area contributed by atoms with Crippen molar-refractivity contribution < 1.29 is 4.79 Å². The molecule has 0 saturated heterocycles. The minimum absolute atomic E-state index is 0.000356. The first-order valence-electron chi connectivity index (χ1n) is 9.61. The van der Waals surface area contributed by atoms with Crippen molar-refractivity contribution in [2.24, 2.45) is 0 Å². The summed E-state index contributed by atoms with van der Waals surface area (Å²) >= 11 is 3.14. The minimum atomic E-state index is -0.131. The second kappa shape index (κ2) is 8.84. The Morgan fingerprint density at radius 1 is 1.07 bits per heavy atom. The second-order valence-electron chi connectivity index (χ2n) is 7.06. The van der Waals surface area contributed by atoms with Gasteiger partial charge in [-0.05, 0) is 43.0 Å². The van der Waals surface area contributed by atoms with Gasteiger partial charge in [0.05, 0.1) is 22.8 Å². The van der Waals surface area contributed by atoms with E-state index in [1.165, 1.54) is 11.8 Å². The maximum absolute atomic E-state index is 12.8. The SMILES string of the molecule is CC(C)n1c(SCC(=O)N[C@H](c2ccccc2)c2cccs2)nc2ccccc21. The maximum Gasteiger partial charge on any atom is 0.231 e. The fourth-order valence-corrected chi connectivity index (χ4v) is 5.13. The van der Waals surface area contributed by atoms with Crippen molar-refractivity contribution in [2.75, 3.05) is 5.75 Å². The number of carbonyl (C=O) groups is 1. The van der Waals surface area contributed by atoms with Crippen LogP contribution in [0.2, 0.25) is 0 Å². The van der Waals surface area contributed by atoms with Crippen molar-refractivity contribution in [2.45, 2.75) is 31.1 Å². The van der Waals surface area contributed by atoms with Gasteiger partial charge in [-0.15, -0.1) is 11.3 Å². The number of thioether (sulfide) groups is 1. The number of imidazole rings is 1. The van der Waals surface area contributed by atoms with Gasteiger partial charge in [0.15, 0.2) is 5.16 Å². The Morgan fingerprint density at radius 3 is 2.55 bits per heavy atom. The second-order valence-corrected chi connectivity index (χ2v) is 8.98. The summed E-state index contributed by atoms with van der Waals surface area (Å²) in [6.07, 6.45) is 0. The molecule has 2 aromatic heterocycles. The number of nitrogens with one attached hydrogen (secondary N) is 1. The van der Waals surface area contributed by atoms with E-state index in [-0.39, 0.29) is 18.0 Å². The average molecular weight is 422 g/mol. The van der Waals surface area contributed by atoms with E-state index in [0.29, 0.717) is 5.75 Å². The molecule has 4 rings (SSSR count). The fourth-order valence-electron chi connectivity index (χ4n) is 3.38. The van der Waals surface area contributed by atoms with Gasteiger partial charge in [0.1, 0.15) is 0 Å². The van der Waals surface area contributed by atoms with Crippen LogP contribution in [0.3, 0.4) is 0 Å². The first-order chi connectivity index (χ1) is 14.1. The van der Waals surface area contributed by atoms with Crippen LogP contribution in [0.1, 0.15) is 36.4 Å². The van der Waals surface area contributed by atoms with E-state index in [9.17, 15) is 4.79 Å². The molecule has 0 aliphatic heterocycles. The highest BCUT2D eigenvalue weighted by Crippen LogP contribution is 2.29. The number of hydrogen-bond donors (Lipinski definition) is 1. The number of benzene rings is 2. The van der Waals surface area contributed by atoms with E-state index < -0.39 is 0 Å². The molecule has 29 heavy (non-hydrogen) atoms. The zero-order valence-corrected chi connectivity index (χ0v) is 18.0. The molecule has 2 aromatic carbocycles. The quantitative estimate of drug-likeness (QED) is 0.391. The van der Waals surface area contributed by atoms with E-state index in [1.54, 1.807) is 11.3 Å². The molecule has 1 N–H and O–H groups in total. The normalized spacial score (nSPS) is 12.4. The lowest BCUT2D eigenvalue weighted by Gasteiger charge is -2.18. The van der Waals surface area contributed by atoms with Gasteiger partial charge >= 0.3 is 0 Å². The lowest BCUT2D eigenvalue weighted by Crippen LogP contribution is -2.30. The number of fused-ring (bicyclic) bond motifs is 1. The molecule has 4 nitrogen and oxygen atoms in total. The van der Waals surface area contributed by atoms with Gasteiger partial charge in [0, 0.05) is 10.9 Å². The highest BCUT2D eigenvalue weighted by molar-refractivity contribution is 7.99. The van der Waals surface area contributed by atoms with Crippen molar-refractivity contribution in [3.05, 3.63) is 82.6 Å². The summed E-state index contributed by atoms with van der Waals surface area (Å²) < 4.78 is 2.20. The van der Waals surface area contributed by atoms with E-state index in [0.717, 1.165) is 26.6 Å². The van der Waals surface area contributed by atoms with Crippen LogP contribution >= 0.6 is 23.1 Å². The Morgan fingerprint density at radius 2 is 1.83 bits per heavy atom. The van der Waals surface area contributed by atoms with Gasteiger partial charge in [-0.2, -0.15) is 0 Å². The predicted molar refractivity (Wildman–Crippen MR) is 122 cm³/mol. The van der Waals surface area contributed by atoms with Crippen molar-refractivity contribution in [1.29, 1.82) is 0 Å². The molecule has 1 amide bonds. The van der Waals surface area contributed by atoms with Gasteiger partial charge in [-0.1, -0.05) is 60.3 Å². The number of hydrogen-bond acceptors (Lipinski definition) is 4. The molecule has 1 atom stereocenters. The topological polar surface area (TPSA) is 46.9 Å². The van der Waals surface area contributed by atoms with Gasteiger partial charge in [-0.25, -0.2) is 4.98 Å². The molecule has 0 spiro atoms. The first-order valence-corrected chi connectivity index (χ1v) is 11.5. The zero-order chi connectivity index (χ0) is 20.2. The summed E-state index contributed by atoms with van der Waals surface area (Å²) in [4.78, 5) is 18.7. The summed E-state index contributed by atoms with van der Waals surface area (Å²) in [6, 6.07) is 22.4. The van der Waals surface area contributed by atoms with E-state index in [2.05, 4.69) is 48.0 Å². The number of para-hydroxylation sites is 2. The molecule has 0 bridgehead atoms. The van der Waals surface area contributed by atoms with Crippen LogP contribution < -0.4 is 5.32 Å². The van der Waals surface area contributed by atoms with E-state index in [4.69, 9.17) is 4.98 Å². The van der Waals surface area contributed by atoms with Crippen LogP contribution in [0.4, 0.5) is 0 Å². The summed E-state index contributed by atoms with van der Waals surface area (Å²) in [5.74, 6) is 0.324.